The minimum absolute atomic E-state index is 0.252. The van der Waals surface area contributed by atoms with Crippen molar-refractivity contribution in [1.29, 1.82) is 0 Å². The molecule has 1 fully saturated rings. The summed E-state index contributed by atoms with van der Waals surface area (Å²) < 4.78 is 0. The molecule has 0 unspecified atom stereocenters. The highest BCUT2D eigenvalue weighted by molar-refractivity contribution is 5.76. The first-order valence-corrected chi connectivity index (χ1v) is 5.02. The maximum Gasteiger partial charge on any atom is 0.130 e. The van der Waals surface area contributed by atoms with Crippen LogP contribution < -0.4 is 0 Å². The lowest BCUT2D eigenvalue weighted by atomic mass is 9.74. The molecule has 0 spiro atoms. The van der Waals surface area contributed by atoms with Crippen molar-refractivity contribution in [3.8, 4) is 0 Å². The zero-order chi connectivity index (χ0) is 9.19. The van der Waals surface area contributed by atoms with Crippen molar-refractivity contribution < 1.29 is 4.79 Å². The highest BCUT2D eigenvalue weighted by Crippen LogP contribution is 2.41. The third-order valence-electron chi connectivity index (χ3n) is 3.16. The van der Waals surface area contributed by atoms with Gasteiger partial charge in [-0.2, -0.15) is 0 Å². The Morgan fingerprint density at radius 3 is 2.25 bits per heavy atom. The Morgan fingerprint density at radius 2 is 1.83 bits per heavy atom. The first-order valence-electron chi connectivity index (χ1n) is 5.02. The van der Waals surface area contributed by atoms with Crippen LogP contribution in [-0.4, -0.2) is 5.78 Å². The highest BCUT2D eigenvalue weighted by Gasteiger charge is 2.32. The van der Waals surface area contributed by atoms with Crippen LogP contribution in [-0.2, 0) is 4.79 Å². The van der Waals surface area contributed by atoms with Gasteiger partial charge in [0, 0.05) is 6.42 Å². The van der Waals surface area contributed by atoms with E-state index in [9.17, 15) is 4.79 Å². The molecule has 70 valence electrons. The number of hydrogen-bond acceptors (Lipinski definition) is 1. The van der Waals surface area contributed by atoms with Crippen molar-refractivity contribution in [2.24, 2.45) is 11.3 Å². The van der Waals surface area contributed by atoms with Crippen molar-refractivity contribution in [2.45, 2.75) is 52.9 Å². The fraction of sp³-hybridized carbons (Fsp3) is 0.909. The molecule has 0 N–H and O–H groups in total. The van der Waals surface area contributed by atoms with Gasteiger partial charge in [0.1, 0.15) is 5.78 Å². The molecule has 1 aliphatic carbocycles. The lowest BCUT2D eigenvalue weighted by Gasteiger charge is -2.30. The highest BCUT2D eigenvalue weighted by atomic mass is 16.1. The molecule has 0 radical (unpaired) electrons. The van der Waals surface area contributed by atoms with Crippen LogP contribution in [0.5, 0.6) is 0 Å². The summed E-state index contributed by atoms with van der Waals surface area (Å²) in [6.07, 6.45) is 6.16. The van der Waals surface area contributed by atoms with Gasteiger partial charge in [-0.15, -0.1) is 0 Å². The Balaban J connectivity index is 2.50. The van der Waals surface area contributed by atoms with E-state index in [4.69, 9.17) is 0 Å². The lowest BCUT2D eigenvalue weighted by Crippen LogP contribution is -2.24. The average Bonchev–Trinajstić information content (AvgIpc) is 2.32. The van der Waals surface area contributed by atoms with E-state index < -0.39 is 0 Å². The molecule has 0 heterocycles. The van der Waals surface area contributed by atoms with Gasteiger partial charge in [-0.1, -0.05) is 26.7 Å². The largest absolute Gasteiger partial charge is 0.300 e. The summed E-state index contributed by atoms with van der Waals surface area (Å²) in [6.45, 7) is 6.19. The van der Waals surface area contributed by atoms with Gasteiger partial charge >= 0.3 is 0 Å². The molecule has 1 rings (SSSR count). The Hall–Kier alpha value is -0.330. The van der Waals surface area contributed by atoms with E-state index >= 15 is 0 Å². The van der Waals surface area contributed by atoms with Crippen molar-refractivity contribution in [2.75, 3.05) is 0 Å². The predicted molar refractivity (Wildman–Crippen MR) is 51.0 cm³/mol. The summed E-state index contributed by atoms with van der Waals surface area (Å²) in [4.78, 5) is 11.0. The number of carbonyl (C=O) groups excluding carboxylic acids is 1. The number of ketones is 1. The third-order valence-corrected chi connectivity index (χ3v) is 3.16. The number of carbonyl (C=O) groups is 1. The van der Waals surface area contributed by atoms with Crippen LogP contribution in [0.1, 0.15) is 52.9 Å². The second kappa shape index (κ2) is 3.59. The van der Waals surface area contributed by atoms with Crippen LogP contribution in [0, 0.1) is 11.3 Å². The first-order chi connectivity index (χ1) is 5.52. The van der Waals surface area contributed by atoms with Crippen molar-refractivity contribution >= 4 is 5.78 Å². The SMILES string of the molecule is CC(=O)CC(C)(C)C1CCCC1. The molecule has 1 saturated carbocycles. The zero-order valence-electron chi connectivity index (χ0n) is 8.52. The molecule has 0 bridgehead atoms. The predicted octanol–water partition coefficient (Wildman–Crippen LogP) is 3.18. The topological polar surface area (TPSA) is 17.1 Å². The van der Waals surface area contributed by atoms with Crippen LogP contribution in [0.2, 0.25) is 0 Å². The van der Waals surface area contributed by atoms with Crippen molar-refractivity contribution in [3.63, 3.8) is 0 Å². The summed E-state index contributed by atoms with van der Waals surface area (Å²) >= 11 is 0. The van der Waals surface area contributed by atoms with E-state index in [1.54, 1.807) is 6.92 Å². The molecule has 0 amide bonds. The molecule has 0 aromatic rings. The van der Waals surface area contributed by atoms with Crippen LogP contribution in [0.25, 0.3) is 0 Å². The molecule has 1 aliphatic rings. The molecule has 0 atom stereocenters. The van der Waals surface area contributed by atoms with Gasteiger partial charge in [0.05, 0.1) is 0 Å². The van der Waals surface area contributed by atoms with Gasteiger partial charge in [0.25, 0.3) is 0 Å². The summed E-state index contributed by atoms with van der Waals surface area (Å²) in [5, 5.41) is 0. The van der Waals surface area contributed by atoms with E-state index in [1.165, 1.54) is 25.7 Å². The molecule has 0 aliphatic heterocycles. The van der Waals surface area contributed by atoms with Gasteiger partial charge in [0.15, 0.2) is 0 Å². The average molecular weight is 168 g/mol. The Labute approximate surface area is 75.5 Å². The van der Waals surface area contributed by atoms with Gasteiger partial charge in [0.2, 0.25) is 0 Å². The smallest absolute Gasteiger partial charge is 0.130 e. The van der Waals surface area contributed by atoms with Crippen LogP contribution >= 0.6 is 0 Å². The molecule has 1 heteroatoms. The summed E-state index contributed by atoms with van der Waals surface area (Å²) in [5.41, 5.74) is 0.252. The second-order valence-electron chi connectivity index (χ2n) is 4.85. The minimum atomic E-state index is 0.252. The van der Waals surface area contributed by atoms with Crippen LogP contribution in [0.4, 0.5) is 0 Å². The van der Waals surface area contributed by atoms with Gasteiger partial charge in [-0.3, -0.25) is 0 Å². The fourth-order valence-corrected chi connectivity index (χ4v) is 2.49. The lowest BCUT2D eigenvalue weighted by molar-refractivity contribution is -0.119. The van der Waals surface area contributed by atoms with E-state index in [0.29, 0.717) is 5.78 Å². The first kappa shape index (κ1) is 9.76. The normalized spacial score (nSPS) is 19.9. The molecular weight excluding hydrogens is 148 g/mol. The minimum Gasteiger partial charge on any atom is -0.300 e. The van der Waals surface area contributed by atoms with Crippen LogP contribution in [0.3, 0.4) is 0 Å². The molecule has 0 aromatic heterocycles. The molecular formula is C11H20O. The van der Waals surface area contributed by atoms with Gasteiger partial charge in [-0.25, -0.2) is 0 Å². The third kappa shape index (κ3) is 2.33. The quantitative estimate of drug-likeness (QED) is 0.632. The van der Waals surface area contributed by atoms with E-state index in [1.807, 2.05) is 0 Å². The zero-order valence-corrected chi connectivity index (χ0v) is 8.52. The monoisotopic (exact) mass is 168 g/mol. The van der Waals surface area contributed by atoms with E-state index in [2.05, 4.69) is 13.8 Å². The molecule has 1 nitrogen and oxygen atoms in total. The summed E-state index contributed by atoms with van der Waals surface area (Å²) in [6, 6.07) is 0. The van der Waals surface area contributed by atoms with Gasteiger partial charge in [-0.05, 0) is 31.1 Å². The number of rotatable bonds is 3. The number of hydrogen-bond donors (Lipinski definition) is 0. The van der Waals surface area contributed by atoms with Crippen LogP contribution in [0.15, 0.2) is 0 Å². The Bertz CT molecular complexity index is 164. The number of Topliss-reactive ketones (excluding diaryl/α,β-unsaturated/α-hetero) is 1. The fourth-order valence-electron chi connectivity index (χ4n) is 2.49. The Kier molecular flexibility index (Phi) is 2.92. The molecule has 12 heavy (non-hydrogen) atoms. The van der Waals surface area contributed by atoms with Crippen molar-refractivity contribution in [1.82, 2.24) is 0 Å². The summed E-state index contributed by atoms with van der Waals surface area (Å²) in [5.74, 6) is 1.13. The maximum atomic E-state index is 11.0. The maximum absolute atomic E-state index is 11.0. The summed E-state index contributed by atoms with van der Waals surface area (Å²) in [7, 11) is 0. The molecule has 0 aromatic carbocycles. The standard InChI is InChI=1S/C11H20O/c1-9(12)8-11(2,3)10-6-4-5-7-10/h10H,4-8H2,1-3H3. The second-order valence-corrected chi connectivity index (χ2v) is 4.85. The van der Waals surface area contributed by atoms with Gasteiger partial charge < -0.3 is 4.79 Å². The van der Waals surface area contributed by atoms with E-state index in [0.717, 1.165) is 12.3 Å². The van der Waals surface area contributed by atoms with Crippen molar-refractivity contribution in [3.05, 3.63) is 0 Å². The Morgan fingerprint density at radius 1 is 1.33 bits per heavy atom. The molecule has 0 saturated heterocycles. The van der Waals surface area contributed by atoms with E-state index in [-0.39, 0.29) is 5.41 Å².